The first-order chi connectivity index (χ1) is 5.00. The van der Waals surface area contributed by atoms with Gasteiger partial charge >= 0.3 is 19.5 Å². The summed E-state index contributed by atoms with van der Waals surface area (Å²) in [6, 6.07) is 20.0. The summed E-state index contributed by atoms with van der Waals surface area (Å²) in [5.41, 5.74) is 0. The molecule has 0 unspecified atom stereocenters. The second-order valence-corrected chi connectivity index (χ2v) is 1.92. The molecule has 16 heavy (non-hydrogen) atoms. The van der Waals surface area contributed by atoms with Crippen molar-refractivity contribution in [1.29, 1.82) is 0 Å². The minimum absolute atomic E-state index is 0. The van der Waals surface area contributed by atoms with Crippen molar-refractivity contribution in [3.8, 4) is 0 Å². The van der Waals surface area contributed by atoms with Gasteiger partial charge < -0.3 is 0 Å². The molecule has 0 saturated carbocycles. The molecule has 0 N–H and O–H groups in total. The molecular formula is C10H10Ru6. The Morgan fingerprint density at radius 2 is 0.625 bits per heavy atom. The molecule has 0 radical (unpaired) electrons. The summed E-state index contributed by atoms with van der Waals surface area (Å²) in [7, 11) is 0. The predicted octanol–water partition coefficient (Wildman–Crippen LogP) is 2.80. The molecule has 0 aliphatic heterocycles. The van der Waals surface area contributed by atoms with Crippen LogP contribution in [0.25, 0.3) is 0 Å². The van der Waals surface area contributed by atoms with Gasteiger partial charge in [0, 0.05) is 97.4 Å². The Balaban J connectivity index is -0.0000000227. The molecule has 2 aromatic rings. The van der Waals surface area contributed by atoms with Crippen LogP contribution in [0.15, 0.2) is 60.7 Å². The van der Waals surface area contributed by atoms with Crippen LogP contribution in [0.4, 0.5) is 0 Å². The minimum atomic E-state index is 0. The van der Waals surface area contributed by atoms with Gasteiger partial charge in [-0.25, -0.2) is 24.3 Å². The standard InChI is InChI=1S/2C5H5.6Ru/c2*1-2-4-5-3-1;;;;;;/h2*1-5H;;;;;;/q2*-1;;;;;;+2. The molecule has 0 bridgehead atoms. The number of hydrogen-bond donors (Lipinski definition) is 0. The molecule has 2 rings (SSSR count). The third-order valence-corrected chi connectivity index (χ3v) is 1.11. The molecule has 98 valence electrons. The van der Waals surface area contributed by atoms with Crippen LogP contribution in [0, 0.1) is 0 Å². The fourth-order valence-electron chi connectivity index (χ4n) is 0.642. The van der Waals surface area contributed by atoms with Gasteiger partial charge in [-0.1, -0.05) is 0 Å². The van der Waals surface area contributed by atoms with E-state index in [4.69, 9.17) is 0 Å². The average molecular weight is 737 g/mol. The maximum Gasteiger partial charge on any atom is 2.00 e. The van der Waals surface area contributed by atoms with Crippen molar-refractivity contribution in [2.75, 3.05) is 0 Å². The SMILES string of the molecule is [Ru+2].[Ru].[Ru].[Ru].[Ru].[Ru].c1cc[cH-]c1.c1cc[cH-]c1. The van der Waals surface area contributed by atoms with Gasteiger partial charge in [0.15, 0.2) is 0 Å². The topological polar surface area (TPSA) is 0 Å². The smallest absolute Gasteiger partial charge is 0.214 e. The number of hydrogen-bond acceptors (Lipinski definition) is 0. The van der Waals surface area contributed by atoms with Crippen LogP contribution < -0.4 is 0 Å². The molecule has 6 heteroatoms. The first kappa shape index (κ1) is 36.2. The predicted molar refractivity (Wildman–Crippen MR) is 44.1 cm³/mol. The molecule has 0 heterocycles. The monoisotopic (exact) mass is 742 g/mol. The molecule has 0 nitrogen and oxygen atoms in total. The van der Waals surface area contributed by atoms with Crippen molar-refractivity contribution in [3.63, 3.8) is 0 Å². The van der Waals surface area contributed by atoms with Crippen LogP contribution in [0.1, 0.15) is 0 Å². The van der Waals surface area contributed by atoms with E-state index in [1.54, 1.807) is 0 Å². The Bertz CT molecular complexity index is 155. The second-order valence-electron chi connectivity index (χ2n) is 1.92. The zero-order valence-electron chi connectivity index (χ0n) is 7.89. The van der Waals surface area contributed by atoms with E-state index in [-0.39, 0.29) is 117 Å². The minimum Gasteiger partial charge on any atom is -0.214 e. The molecule has 2 aromatic carbocycles. The number of rotatable bonds is 0. The summed E-state index contributed by atoms with van der Waals surface area (Å²) in [6.45, 7) is 0. The van der Waals surface area contributed by atoms with Crippen molar-refractivity contribution < 1.29 is 117 Å². The molecule has 0 saturated heterocycles. The zero-order valence-corrected chi connectivity index (χ0v) is 18.3. The molecule has 0 aromatic heterocycles. The largest absolute Gasteiger partial charge is 2.00 e. The van der Waals surface area contributed by atoms with Crippen molar-refractivity contribution in [3.05, 3.63) is 60.7 Å². The van der Waals surface area contributed by atoms with Gasteiger partial charge in [-0.2, -0.15) is 36.4 Å². The van der Waals surface area contributed by atoms with Crippen molar-refractivity contribution in [2.45, 2.75) is 0 Å². The van der Waals surface area contributed by atoms with Crippen molar-refractivity contribution in [1.82, 2.24) is 0 Å². The second kappa shape index (κ2) is 30.5. The molecule has 0 fully saturated rings. The van der Waals surface area contributed by atoms with Crippen LogP contribution in [-0.2, 0) is 117 Å². The Labute approximate surface area is 175 Å². The van der Waals surface area contributed by atoms with Gasteiger partial charge in [0.05, 0.1) is 0 Å². The van der Waals surface area contributed by atoms with Gasteiger partial charge in [-0.15, -0.1) is 0 Å². The van der Waals surface area contributed by atoms with Crippen LogP contribution in [0.3, 0.4) is 0 Å². The van der Waals surface area contributed by atoms with Crippen LogP contribution >= 0.6 is 0 Å². The van der Waals surface area contributed by atoms with E-state index in [0.717, 1.165) is 0 Å². The fourth-order valence-corrected chi connectivity index (χ4v) is 0.642. The normalized spacial score (nSPS) is 5.00. The average Bonchev–Trinajstić information content (AvgIpc) is 2.67. The molecule has 0 spiro atoms. The fraction of sp³-hybridized carbons (Fsp3) is 0. The van der Waals surface area contributed by atoms with E-state index in [1.807, 2.05) is 60.7 Å². The maximum absolute atomic E-state index is 2.00. The van der Waals surface area contributed by atoms with Gasteiger partial charge in [-0.05, 0) is 0 Å². The molecule has 0 aliphatic carbocycles. The quantitative estimate of drug-likeness (QED) is 0.289. The summed E-state index contributed by atoms with van der Waals surface area (Å²) >= 11 is 0. The van der Waals surface area contributed by atoms with Crippen molar-refractivity contribution in [2.24, 2.45) is 0 Å². The van der Waals surface area contributed by atoms with E-state index < -0.39 is 0 Å². The summed E-state index contributed by atoms with van der Waals surface area (Å²) in [4.78, 5) is 0. The summed E-state index contributed by atoms with van der Waals surface area (Å²) < 4.78 is 0. The van der Waals surface area contributed by atoms with Gasteiger partial charge in [0.2, 0.25) is 0 Å². The molecule has 0 amide bonds. The zero-order chi connectivity index (χ0) is 7.07. The summed E-state index contributed by atoms with van der Waals surface area (Å²) in [5, 5.41) is 0. The van der Waals surface area contributed by atoms with Crippen LogP contribution in [-0.4, -0.2) is 0 Å². The van der Waals surface area contributed by atoms with Crippen LogP contribution in [0.2, 0.25) is 0 Å². The van der Waals surface area contributed by atoms with Gasteiger partial charge in [0.1, 0.15) is 0 Å². The Morgan fingerprint density at radius 1 is 0.438 bits per heavy atom. The van der Waals surface area contributed by atoms with E-state index in [1.165, 1.54) is 0 Å². The Hall–Kier alpha value is 2.44. The first-order valence-corrected chi connectivity index (χ1v) is 3.33. The third kappa shape index (κ3) is 25.3. The molecular weight excluding hydrogens is 727 g/mol. The molecule has 0 aliphatic rings. The maximum atomic E-state index is 2.00. The summed E-state index contributed by atoms with van der Waals surface area (Å²) in [6.07, 6.45) is 0. The van der Waals surface area contributed by atoms with E-state index in [0.29, 0.717) is 0 Å². The Morgan fingerprint density at radius 3 is 0.688 bits per heavy atom. The van der Waals surface area contributed by atoms with E-state index in [9.17, 15) is 0 Å². The third-order valence-electron chi connectivity index (χ3n) is 1.11. The molecule has 0 atom stereocenters. The van der Waals surface area contributed by atoms with E-state index in [2.05, 4.69) is 0 Å². The van der Waals surface area contributed by atoms with Gasteiger partial charge in [-0.3, -0.25) is 0 Å². The first-order valence-electron chi connectivity index (χ1n) is 3.33. The van der Waals surface area contributed by atoms with Gasteiger partial charge in [0.25, 0.3) is 0 Å². The Kier molecular flexibility index (Phi) is 69.0. The van der Waals surface area contributed by atoms with Crippen LogP contribution in [0.5, 0.6) is 0 Å². The van der Waals surface area contributed by atoms with E-state index >= 15 is 0 Å². The van der Waals surface area contributed by atoms with Crippen molar-refractivity contribution >= 4 is 0 Å². The summed E-state index contributed by atoms with van der Waals surface area (Å²) in [5.74, 6) is 0.